The van der Waals surface area contributed by atoms with Gasteiger partial charge >= 0.3 is 0 Å². The van der Waals surface area contributed by atoms with Crippen molar-refractivity contribution in [1.29, 1.82) is 0 Å². The molecule has 0 bridgehead atoms. The summed E-state index contributed by atoms with van der Waals surface area (Å²) in [5, 5.41) is 35.0. The molecule has 42 heavy (non-hydrogen) atoms. The maximum atomic E-state index is 14.1. The van der Waals surface area contributed by atoms with Gasteiger partial charge in [0.2, 0.25) is 5.91 Å². The van der Waals surface area contributed by atoms with Crippen molar-refractivity contribution in [3.63, 3.8) is 0 Å². The maximum Gasteiger partial charge on any atom is 0.235 e. The average Bonchev–Trinajstić information content (AvgIpc) is 2.88. The van der Waals surface area contributed by atoms with Crippen LogP contribution in [0.4, 0.5) is 0 Å². The SMILES string of the molecule is C=C(C)CCCCC(C)(C)c1ccc2c(c1O)C(=O)C1C(=O)[C@]3(O)C(=O)C(C(N)=O)C(=O)[C@@H](N(C)C)[C@@H]3[C@@H](O)[C@@H]1[C@H]2C. The minimum atomic E-state index is -3.01. The Morgan fingerprint density at radius 2 is 1.74 bits per heavy atom. The molecule has 5 N–H and O–H groups in total. The van der Waals surface area contributed by atoms with Crippen LogP contribution >= 0.6 is 0 Å². The number of carbonyl (C=O) groups excluding carboxylic acids is 5. The largest absolute Gasteiger partial charge is 0.507 e. The molecule has 10 nitrogen and oxygen atoms in total. The van der Waals surface area contributed by atoms with Crippen molar-refractivity contribution >= 4 is 29.0 Å². The zero-order valence-electron chi connectivity index (χ0n) is 25.1. The number of ketones is 4. The van der Waals surface area contributed by atoms with Crippen molar-refractivity contribution in [1.82, 2.24) is 4.90 Å². The van der Waals surface area contributed by atoms with Crippen LogP contribution in [-0.2, 0) is 24.6 Å². The number of Topliss-reactive ketones (excluding diaryl/α,β-unsaturated/α-hetero) is 4. The van der Waals surface area contributed by atoms with E-state index in [4.69, 9.17) is 5.73 Å². The summed E-state index contributed by atoms with van der Waals surface area (Å²) < 4.78 is 0. The number of aromatic hydroxyl groups is 1. The van der Waals surface area contributed by atoms with Gasteiger partial charge in [0.05, 0.1) is 29.5 Å². The second kappa shape index (κ2) is 10.8. The first-order chi connectivity index (χ1) is 19.4. The lowest BCUT2D eigenvalue weighted by Crippen LogP contribution is -2.77. The zero-order chi connectivity index (χ0) is 31.6. The summed E-state index contributed by atoms with van der Waals surface area (Å²) in [6.45, 7) is 11.5. The molecule has 8 atom stereocenters. The van der Waals surface area contributed by atoms with E-state index in [0.29, 0.717) is 17.5 Å². The van der Waals surface area contributed by atoms with E-state index >= 15 is 0 Å². The minimum Gasteiger partial charge on any atom is -0.507 e. The number of phenols is 1. The molecule has 2 saturated carbocycles. The van der Waals surface area contributed by atoms with Crippen LogP contribution in [0.1, 0.15) is 80.8 Å². The number of hydrogen-bond donors (Lipinski definition) is 4. The molecule has 2 fully saturated rings. The number of amides is 1. The summed E-state index contributed by atoms with van der Waals surface area (Å²) in [6.07, 6.45) is 1.73. The van der Waals surface area contributed by atoms with Crippen molar-refractivity contribution in [2.24, 2.45) is 29.4 Å². The minimum absolute atomic E-state index is 0.0752. The van der Waals surface area contributed by atoms with Gasteiger partial charge in [-0.25, -0.2) is 0 Å². The van der Waals surface area contributed by atoms with Crippen molar-refractivity contribution < 1.29 is 39.3 Å². The number of nitrogens with two attached hydrogens (primary N) is 1. The van der Waals surface area contributed by atoms with Crippen molar-refractivity contribution in [2.75, 3.05) is 14.1 Å². The summed E-state index contributed by atoms with van der Waals surface area (Å²) in [4.78, 5) is 68.5. The quantitative estimate of drug-likeness (QED) is 0.202. The monoisotopic (exact) mass is 582 g/mol. The van der Waals surface area contributed by atoms with Gasteiger partial charge in [-0.2, -0.15) is 0 Å². The number of fused-ring (bicyclic) bond motifs is 3. The zero-order valence-corrected chi connectivity index (χ0v) is 25.1. The molecule has 3 aliphatic carbocycles. The lowest BCUT2D eigenvalue weighted by molar-refractivity contribution is -0.196. The Balaban J connectivity index is 1.82. The molecule has 0 aromatic heterocycles. The number of nitrogens with zero attached hydrogens (tertiary/aromatic N) is 1. The van der Waals surface area contributed by atoms with Gasteiger partial charge in [0.1, 0.15) is 5.75 Å². The molecule has 10 heteroatoms. The highest BCUT2D eigenvalue weighted by molar-refractivity contribution is 6.32. The number of allylic oxidation sites excluding steroid dienone is 1. The van der Waals surface area contributed by atoms with Crippen LogP contribution in [0, 0.1) is 23.7 Å². The van der Waals surface area contributed by atoms with Crippen LogP contribution in [0.25, 0.3) is 0 Å². The molecule has 228 valence electrons. The standard InChI is InChI=1S/C32H42N2O8/c1-14(2)10-8-9-13-31(4,5)17-12-11-16-15(3)18-20(25(36)19(16)24(17)35)28(39)32(42)22(26(18)37)23(34(6)7)27(38)21(29(32)40)30(33)41/h11-12,15,18,20-23,26,35,37,42H,1,8-10,13H2,2-7H3,(H2,33,41)/t15-,18+,20?,21?,22+,23-,26-,32-/m0/s1. The number of aliphatic hydroxyl groups excluding tert-OH is 1. The van der Waals surface area contributed by atoms with Crippen LogP contribution < -0.4 is 5.73 Å². The molecule has 0 saturated heterocycles. The fourth-order valence-corrected chi connectivity index (χ4v) is 7.66. The molecule has 2 unspecified atom stereocenters. The molecule has 1 amide bonds. The summed E-state index contributed by atoms with van der Waals surface area (Å²) in [5.74, 6) is -13.1. The number of rotatable bonds is 8. The third-order valence-corrected chi connectivity index (χ3v) is 9.87. The molecule has 3 aliphatic rings. The molecule has 0 radical (unpaired) electrons. The molecule has 0 heterocycles. The van der Waals surface area contributed by atoms with Crippen molar-refractivity contribution in [3.8, 4) is 5.75 Å². The highest BCUT2D eigenvalue weighted by Crippen LogP contribution is 2.55. The van der Waals surface area contributed by atoms with Crippen molar-refractivity contribution in [3.05, 3.63) is 41.0 Å². The number of benzene rings is 1. The second-order valence-electron chi connectivity index (χ2n) is 13.3. The van der Waals surface area contributed by atoms with Crippen LogP contribution in [0.5, 0.6) is 5.75 Å². The highest BCUT2D eigenvalue weighted by Gasteiger charge is 2.72. The Morgan fingerprint density at radius 1 is 1.12 bits per heavy atom. The Morgan fingerprint density at radius 3 is 2.29 bits per heavy atom. The number of likely N-dealkylation sites (N-methyl/N-ethyl adjacent to an activating group) is 1. The molecular formula is C32H42N2O8. The number of primary amides is 1. The number of hydrogen-bond acceptors (Lipinski definition) is 9. The summed E-state index contributed by atoms with van der Waals surface area (Å²) >= 11 is 0. The normalized spacial score (nSPS) is 32.8. The van der Waals surface area contributed by atoms with Crippen LogP contribution in [0.15, 0.2) is 24.3 Å². The molecule has 4 rings (SSSR count). The first-order valence-corrected chi connectivity index (χ1v) is 14.4. The van der Waals surface area contributed by atoms with Gasteiger partial charge in [-0.15, -0.1) is 6.58 Å². The van der Waals surface area contributed by atoms with Gasteiger partial charge in [-0.3, -0.25) is 28.9 Å². The van der Waals surface area contributed by atoms with Crippen LogP contribution in [0.3, 0.4) is 0 Å². The predicted molar refractivity (Wildman–Crippen MR) is 154 cm³/mol. The summed E-state index contributed by atoms with van der Waals surface area (Å²) in [6, 6.07) is 2.09. The van der Waals surface area contributed by atoms with Crippen LogP contribution in [-0.4, -0.2) is 81.1 Å². The van der Waals surface area contributed by atoms with Gasteiger partial charge in [0, 0.05) is 11.5 Å². The van der Waals surface area contributed by atoms with E-state index in [-0.39, 0.29) is 11.3 Å². The lowest BCUT2D eigenvalue weighted by atomic mass is 9.49. The van der Waals surface area contributed by atoms with E-state index < -0.39 is 81.8 Å². The molecular weight excluding hydrogens is 540 g/mol. The van der Waals surface area contributed by atoms with Crippen LogP contribution in [0.2, 0.25) is 0 Å². The Hall–Kier alpha value is -3.21. The smallest absolute Gasteiger partial charge is 0.235 e. The first kappa shape index (κ1) is 31.7. The Kier molecular flexibility index (Phi) is 8.16. The van der Waals surface area contributed by atoms with Gasteiger partial charge in [0.15, 0.2) is 34.7 Å². The Labute approximate surface area is 246 Å². The topological polar surface area (TPSA) is 175 Å². The van der Waals surface area contributed by atoms with Gasteiger partial charge < -0.3 is 21.1 Å². The predicted octanol–water partition coefficient (Wildman–Crippen LogP) is 1.81. The van der Waals surface area contributed by atoms with E-state index in [9.17, 15) is 39.3 Å². The first-order valence-electron chi connectivity index (χ1n) is 14.4. The van der Waals surface area contributed by atoms with E-state index in [1.807, 2.05) is 20.8 Å². The Bertz CT molecular complexity index is 1380. The third-order valence-electron chi connectivity index (χ3n) is 9.87. The number of phenolic OH excluding ortho intramolecular Hbond substituents is 1. The lowest BCUT2D eigenvalue weighted by Gasteiger charge is -2.56. The van der Waals surface area contributed by atoms with Gasteiger partial charge in [0.25, 0.3) is 0 Å². The van der Waals surface area contributed by atoms with E-state index in [0.717, 1.165) is 24.8 Å². The summed E-state index contributed by atoms with van der Waals surface area (Å²) in [7, 11) is 2.93. The van der Waals surface area contributed by atoms with E-state index in [1.54, 1.807) is 19.1 Å². The average molecular weight is 583 g/mol. The third kappa shape index (κ3) is 4.55. The summed E-state index contributed by atoms with van der Waals surface area (Å²) in [5.41, 5.74) is 3.80. The number of unbranched alkanes of at least 4 members (excludes halogenated alkanes) is 1. The molecule has 1 aromatic rings. The molecule has 0 spiro atoms. The number of aliphatic hydroxyl groups is 2. The fraction of sp³-hybridized carbons (Fsp3) is 0.594. The maximum absolute atomic E-state index is 14.1. The number of carbonyl (C=O) groups is 5. The van der Waals surface area contributed by atoms with E-state index in [1.165, 1.54) is 19.0 Å². The highest BCUT2D eigenvalue weighted by atomic mass is 16.3. The van der Waals surface area contributed by atoms with Gasteiger partial charge in [-0.05, 0) is 57.2 Å². The fourth-order valence-electron chi connectivity index (χ4n) is 7.66. The van der Waals surface area contributed by atoms with Crippen molar-refractivity contribution in [2.45, 2.75) is 82.5 Å². The van der Waals surface area contributed by atoms with Gasteiger partial charge in [-0.1, -0.05) is 44.9 Å². The molecule has 1 aromatic carbocycles. The molecule has 0 aliphatic heterocycles. The van der Waals surface area contributed by atoms with E-state index in [2.05, 4.69) is 6.58 Å². The second-order valence-corrected chi connectivity index (χ2v) is 13.3.